The van der Waals surface area contributed by atoms with Crippen LogP contribution in [0.1, 0.15) is 5.56 Å². The van der Waals surface area contributed by atoms with Crippen LogP contribution in [0.2, 0.25) is 0 Å². The molecule has 0 unspecified atom stereocenters. The molecule has 0 saturated carbocycles. The van der Waals surface area contributed by atoms with Crippen LogP contribution in [-0.4, -0.2) is 70.1 Å². The van der Waals surface area contributed by atoms with Gasteiger partial charge in [0.05, 0.1) is 12.8 Å². The number of benzene rings is 1. The molecule has 7 heteroatoms. The molecule has 1 aromatic carbocycles. The SMILES string of the molecule is CN(C)CCN(CC(=O)NCCc1ccccc1)S(C)(=O)=O. The van der Waals surface area contributed by atoms with E-state index in [-0.39, 0.29) is 12.5 Å². The minimum atomic E-state index is -3.39. The van der Waals surface area contributed by atoms with Gasteiger partial charge in [0.1, 0.15) is 0 Å². The lowest BCUT2D eigenvalue weighted by atomic mass is 10.1. The molecule has 0 fully saturated rings. The van der Waals surface area contributed by atoms with E-state index < -0.39 is 10.0 Å². The average Bonchev–Trinajstić information content (AvgIpc) is 2.43. The predicted octanol–water partition coefficient (Wildman–Crippen LogP) is 0.169. The van der Waals surface area contributed by atoms with Gasteiger partial charge in [0.25, 0.3) is 0 Å². The van der Waals surface area contributed by atoms with Crippen molar-refractivity contribution >= 4 is 15.9 Å². The number of nitrogens with one attached hydrogen (secondary N) is 1. The Kier molecular flexibility index (Phi) is 7.50. The highest BCUT2D eigenvalue weighted by Gasteiger charge is 2.19. The molecule has 0 bridgehead atoms. The van der Waals surface area contributed by atoms with Crippen LogP contribution in [0.15, 0.2) is 30.3 Å². The van der Waals surface area contributed by atoms with E-state index in [9.17, 15) is 13.2 Å². The molecular formula is C15H25N3O3S. The van der Waals surface area contributed by atoms with Crippen LogP contribution in [0.25, 0.3) is 0 Å². The Morgan fingerprint density at radius 2 is 1.77 bits per heavy atom. The molecule has 0 heterocycles. The van der Waals surface area contributed by atoms with Gasteiger partial charge in [-0.05, 0) is 26.1 Å². The van der Waals surface area contributed by atoms with Gasteiger partial charge < -0.3 is 10.2 Å². The van der Waals surface area contributed by atoms with Crippen LogP contribution < -0.4 is 5.32 Å². The second-order valence-corrected chi connectivity index (χ2v) is 7.47. The highest BCUT2D eigenvalue weighted by Crippen LogP contribution is 2.00. The topological polar surface area (TPSA) is 69.7 Å². The van der Waals surface area contributed by atoms with Crippen LogP contribution in [0, 0.1) is 0 Å². The van der Waals surface area contributed by atoms with Gasteiger partial charge in [-0.25, -0.2) is 8.42 Å². The van der Waals surface area contributed by atoms with E-state index in [1.165, 1.54) is 4.31 Å². The lowest BCUT2D eigenvalue weighted by molar-refractivity contribution is -0.121. The average molecular weight is 327 g/mol. The quantitative estimate of drug-likeness (QED) is 0.702. The molecule has 1 rings (SSSR count). The van der Waals surface area contributed by atoms with Gasteiger partial charge >= 0.3 is 0 Å². The van der Waals surface area contributed by atoms with E-state index in [0.29, 0.717) is 19.6 Å². The molecule has 1 aromatic rings. The number of nitrogens with zero attached hydrogens (tertiary/aromatic N) is 2. The number of rotatable bonds is 9. The van der Waals surface area contributed by atoms with Crippen molar-refractivity contribution in [3.05, 3.63) is 35.9 Å². The summed E-state index contributed by atoms with van der Waals surface area (Å²) in [5.74, 6) is -0.278. The van der Waals surface area contributed by atoms with Crippen molar-refractivity contribution in [1.82, 2.24) is 14.5 Å². The standard InChI is InChI=1S/C15H25N3O3S/c1-17(2)11-12-18(22(3,20)21)13-15(19)16-10-9-14-7-5-4-6-8-14/h4-8H,9-13H2,1-3H3,(H,16,19). The van der Waals surface area contributed by atoms with Crippen molar-refractivity contribution < 1.29 is 13.2 Å². The van der Waals surface area contributed by atoms with Gasteiger partial charge in [0.2, 0.25) is 15.9 Å². The monoisotopic (exact) mass is 327 g/mol. The van der Waals surface area contributed by atoms with Crippen molar-refractivity contribution in [3.63, 3.8) is 0 Å². The molecule has 0 aliphatic heterocycles. The lowest BCUT2D eigenvalue weighted by Gasteiger charge is -2.21. The van der Waals surface area contributed by atoms with Crippen molar-refractivity contribution in [3.8, 4) is 0 Å². The van der Waals surface area contributed by atoms with Crippen LogP contribution in [0.3, 0.4) is 0 Å². The van der Waals surface area contributed by atoms with Gasteiger partial charge in [0, 0.05) is 19.6 Å². The zero-order valence-corrected chi connectivity index (χ0v) is 14.3. The maximum Gasteiger partial charge on any atom is 0.235 e. The number of carbonyl (C=O) groups excluding carboxylic acids is 1. The summed E-state index contributed by atoms with van der Waals surface area (Å²) in [6.45, 7) is 1.23. The fourth-order valence-corrected chi connectivity index (χ4v) is 2.65. The van der Waals surface area contributed by atoms with E-state index in [1.54, 1.807) is 0 Å². The Hall–Kier alpha value is -1.44. The molecule has 0 aliphatic rings. The summed E-state index contributed by atoms with van der Waals surface area (Å²) in [4.78, 5) is 13.8. The lowest BCUT2D eigenvalue weighted by Crippen LogP contribution is -2.43. The first-order chi connectivity index (χ1) is 10.3. The van der Waals surface area contributed by atoms with Gasteiger partial charge in [0.15, 0.2) is 0 Å². The molecule has 1 N–H and O–H groups in total. The summed E-state index contributed by atoms with van der Waals surface area (Å²) in [6, 6.07) is 9.82. The van der Waals surface area contributed by atoms with Gasteiger partial charge in [-0.3, -0.25) is 4.79 Å². The number of hydrogen-bond donors (Lipinski definition) is 1. The minimum absolute atomic E-state index is 0.137. The van der Waals surface area contributed by atoms with E-state index in [2.05, 4.69) is 5.32 Å². The highest BCUT2D eigenvalue weighted by molar-refractivity contribution is 7.88. The largest absolute Gasteiger partial charge is 0.355 e. The van der Waals surface area contributed by atoms with Crippen molar-refractivity contribution in [2.45, 2.75) is 6.42 Å². The molecule has 124 valence electrons. The van der Waals surface area contributed by atoms with Crippen LogP contribution in [0.5, 0.6) is 0 Å². The normalized spacial score (nSPS) is 11.9. The predicted molar refractivity (Wildman–Crippen MR) is 88.1 cm³/mol. The first-order valence-electron chi connectivity index (χ1n) is 7.19. The summed E-state index contributed by atoms with van der Waals surface area (Å²) in [5.41, 5.74) is 1.13. The number of likely N-dealkylation sites (N-methyl/N-ethyl adjacent to an activating group) is 1. The Balaban J connectivity index is 2.42. The maximum absolute atomic E-state index is 11.9. The zero-order valence-electron chi connectivity index (χ0n) is 13.4. The molecule has 0 aliphatic carbocycles. The second kappa shape index (κ2) is 8.87. The summed E-state index contributed by atoms with van der Waals surface area (Å²) >= 11 is 0. The summed E-state index contributed by atoms with van der Waals surface area (Å²) in [7, 11) is 0.336. The van der Waals surface area contributed by atoms with Crippen LogP contribution in [-0.2, 0) is 21.2 Å². The first kappa shape index (κ1) is 18.6. The Morgan fingerprint density at radius 1 is 1.14 bits per heavy atom. The fraction of sp³-hybridized carbons (Fsp3) is 0.533. The molecule has 0 saturated heterocycles. The Morgan fingerprint density at radius 3 is 2.32 bits per heavy atom. The molecule has 0 spiro atoms. The third kappa shape index (κ3) is 7.53. The third-order valence-electron chi connectivity index (χ3n) is 3.16. The minimum Gasteiger partial charge on any atom is -0.355 e. The second-order valence-electron chi connectivity index (χ2n) is 5.49. The van der Waals surface area contributed by atoms with Crippen molar-refractivity contribution in [1.29, 1.82) is 0 Å². The highest BCUT2D eigenvalue weighted by atomic mass is 32.2. The molecule has 1 amide bonds. The number of hydrogen-bond acceptors (Lipinski definition) is 4. The summed E-state index contributed by atoms with van der Waals surface area (Å²) < 4.78 is 24.6. The van der Waals surface area contributed by atoms with Gasteiger partial charge in [-0.15, -0.1) is 0 Å². The number of amides is 1. The Bertz CT molecular complexity index is 559. The van der Waals surface area contributed by atoms with E-state index in [1.807, 2.05) is 49.3 Å². The van der Waals surface area contributed by atoms with E-state index in [0.717, 1.165) is 18.2 Å². The van der Waals surface area contributed by atoms with Crippen molar-refractivity contribution in [2.75, 3.05) is 46.5 Å². The molecule has 0 atom stereocenters. The third-order valence-corrected chi connectivity index (χ3v) is 4.41. The fourth-order valence-electron chi connectivity index (χ4n) is 1.88. The Labute approximate surface area is 133 Å². The van der Waals surface area contributed by atoms with E-state index in [4.69, 9.17) is 0 Å². The van der Waals surface area contributed by atoms with Crippen molar-refractivity contribution in [2.24, 2.45) is 0 Å². The molecule has 6 nitrogen and oxygen atoms in total. The maximum atomic E-state index is 11.9. The first-order valence-corrected chi connectivity index (χ1v) is 9.04. The van der Waals surface area contributed by atoms with Crippen LogP contribution in [0.4, 0.5) is 0 Å². The van der Waals surface area contributed by atoms with Crippen LogP contribution >= 0.6 is 0 Å². The zero-order chi connectivity index (χ0) is 16.6. The molecule has 0 aromatic heterocycles. The number of sulfonamides is 1. The summed E-state index contributed by atoms with van der Waals surface area (Å²) in [6.07, 6.45) is 1.85. The molecular weight excluding hydrogens is 302 g/mol. The van der Waals surface area contributed by atoms with Gasteiger partial charge in [-0.2, -0.15) is 4.31 Å². The molecule has 0 radical (unpaired) electrons. The van der Waals surface area contributed by atoms with E-state index >= 15 is 0 Å². The van der Waals surface area contributed by atoms with Gasteiger partial charge in [-0.1, -0.05) is 30.3 Å². The number of carbonyl (C=O) groups is 1. The summed E-state index contributed by atoms with van der Waals surface area (Å²) in [5, 5.41) is 2.76. The smallest absolute Gasteiger partial charge is 0.235 e. The molecule has 22 heavy (non-hydrogen) atoms.